The fourth-order valence-electron chi connectivity index (χ4n) is 7.27. The number of benzene rings is 4. The third-order valence-corrected chi connectivity index (χ3v) is 11.6. The second-order valence-corrected chi connectivity index (χ2v) is 21.4. The number of hydrogen-bond donors (Lipinski definition) is 1. The molecule has 0 fully saturated rings. The summed E-state index contributed by atoms with van der Waals surface area (Å²) in [6, 6.07) is 28.5. The summed E-state index contributed by atoms with van der Waals surface area (Å²) in [6.07, 6.45) is 1.97. The molecule has 0 saturated heterocycles. The van der Waals surface area contributed by atoms with Gasteiger partial charge in [0.05, 0.1) is 21.5 Å². The highest BCUT2D eigenvalue weighted by Crippen LogP contribution is 2.48. The zero-order chi connectivity index (χ0) is 39.8. The van der Waals surface area contributed by atoms with Crippen molar-refractivity contribution >= 4 is 21.6 Å². The summed E-state index contributed by atoms with van der Waals surface area (Å²) in [5.74, 6) is 0.246. The van der Waals surface area contributed by atoms with E-state index in [1.807, 2.05) is 24.4 Å². The minimum absolute atomic E-state index is 0.0207. The fourth-order valence-corrected chi connectivity index (χ4v) is 8.33. The van der Waals surface area contributed by atoms with E-state index in [1.165, 1.54) is 44.5 Å². The molecule has 0 amide bonds. The van der Waals surface area contributed by atoms with Gasteiger partial charge in [0, 0.05) is 17.3 Å². The van der Waals surface area contributed by atoms with Gasteiger partial charge in [0.1, 0.15) is 10.8 Å². The molecule has 0 atom stereocenters. The molecule has 0 saturated carbocycles. The molecule has 1 N–H and O–H groups in total. The Bertz CT molecular complexity index is 2330. The number of phenolic OH excluding ortho intramolecular Hbond substituents is 1. The van der Waals surface area contributed by atoms with E-state index in [1.54, 1.807) is 17.4 Å². The van der Waals surface area contributed by atoms with Crippen LogP contribution in [0.15, 0.2) is 85.1 Å². The maximum atomic E-state index is 10.9. The predicted molar refractivity (Wildman–Crippen MR) is 234 cm³/mol. The number of phenols is 1. The van der Waals surface area contributed by atoms with Crippen molar-refractivity contribution < 1.29 is 5.11 Å². The zero-order valence-corrected chi connectivity index (χ0v) is 36.1. The number of fused-ring (bicyclic) bond motifs is 1. The average molecular weight is 737 g/mol. The summed E-state index contributed by atoms with van der Waals surface area (Å²) in [5.41, 5.74) is 14.7. The summed E-state index contributed by atoms with van der Waals surface area (Å²) >= 11 is 1.65. The fraction of sp³-hybridized carbons (Fsp3) is 0.400. The van der Waals surface area contributed by atoms with Crippen LogP contribution in [0.5, 0.6) is 5.75 Å². The molecular weight excluding hydrogens is 677 g/mol. The van der Waals surface area contributed by atoms with Crippen LogP contribution in [-0.4, -0.2) is 15.1 Å². The van der Waals surface area contributed by atoms with Gasteiger partial charge in [-0.1, -0.05) is 134 Å². The Morgan fingerprint density at radius 1 is 0.500 bits per heavy atom. The molecule has 0 bridgehead atoms. The van der Waals surface area contributed by atoms with Gasteiger partial charge < -0.3 is 5.11 Å². The molecule has 0 aliphatic heterocycles. The van der Waals surface area contributed by atoms with Crippen molar-refractivity contribution in [3.05, 3.63) is 113 Å². The van der Waals surface area contributed by atoms with Crippen LogP contribution in [0, 0.1) is 0 Å². The van der Waals surface area contributed by atoms with Gasteiger partial charge in [-0.2, -0.15) is 0 Å². The Morgan fingerprint density at radius 3 is 1.65 bits per heavy atom. The SMILES string of the molecule is CC(C)(C)c1cc(-c2ccnc(-c3cc(-c4cc(C(C)(C)C)cc5sc(-c6ccccc6O)nc45)c(C(C)(C)C)c(C(C)(C)C)c3)c2)cc(C(C)(C)C)c1. The number of rotatable bonds is 4. The summed E-state index contributed by atoms with van der Waals surface area (Å²) in [6.45, 7) is 34.5. The summed E-state index contributed by atoms with van der Waals surface area (Å²) < 4.78 is 1.12. The molecule has 4 aromatic carbocycles. The first-order valence-electron chi connectivity index (χ1n) is 19.4. The van der Waals surface area contributed by atoms with E-state index in [9.17, 15) is 5.11 Å². The highest BCUT2D eigenvalue weighted by molar-refractivity contribution is 7.21. The van der Waals surface area contributed by atoms with E-state index in [2.05, 4.69) is 158 Å². The number of para-hydroxylation sites is 1. The number of thiazole rings is 1. The van der Waals surface area contributed by atoms with Crippen LogP contribution in [0.3, 0.4) is 0 Å². The monoisotopic (exact) mass is 736 g/mol. The van der Waals surface area contributed by atoms with E-state index in [0.717, 1.165) is 37.6 Å². The molecule has 3 nitrogen and oxygen atoms in total. The van der Waals surface area contributed by atoms with Crippen molar-refractivity contribution in [2.45, 2.75) is 131 Å². The van der Waals surface area contributed by atoms with Crippen molar-refractivity contribution in [3.63, 3.8) is 0 Å². The van der Waals surface area contributed by atoms with Crippen LogP contribution < -0.4 is 0 Å². The number of nitrogens with zero attached hydrogens (tertiary/aromatic N) is 2. The third kappa shape index (κ3) is 7.91. The predicted octanol–water partition coefficient (Wildman–Crippen LogP) is 14.6. The van der Waals surface area contributed by atoms with Crippen LogP contribution in [0.4, 0.5) is 0 Å². The van der Waals surface area contributed by atoms with Crippen molar-refractivity contribution in [3.8, 4) is 49.8 Å². The van der Waals surface area contributed by atoms with Gasteiger partial charge in [0.25, 0.3) is 0 Å². The molecule has 4 heteroatoms. The minimum Gasteiger partial charge on any atom is -0.507 e. The Morgan fingerprint density at radius 2 is 1.09 bits per heavy atom. The molecule has 0 radical (unpaired) electrons. The molecular formula is C50H60N2OS. The largest absolute Gasteiger partial charge is 0.507 e. The first-order valence-corrected chi connectivity index (χ1v) is 20.2. The quantitative estimate of drug-likeness (QED) is 0.196. The first-order chi connectivity index (χ1) is 24.8. The maximum Gasteiger partial charge on any atom is 0.128 e. The van der Waals surface area contributed by atoms with E-state index in [4.69, 9.17) is 9.97 Å². The molecule has 2 heterocycles. The standard InChI is InChI=1S/C50H60N2OS/c1-46(2,3)33-22-31(23-34(27-33)47(4,5)6)30-20-21-51-40(26-30)32-24-37(43(50(13,14)15)39(25-32)49(10,11)12)38-28-35(48(7,8)9)29-42-44(38)52-45(54-42)36-18-16-17-19-41(36)53/h16-29,53H,1-15H3. The lowest BCUT2D eigenvalue weighted by molar-refractivity contribution is 0.477. The van der Waals surface area contributed by atoms with Crippen LogP contribution >= 0.6 is 11.3 Å². The van der Waals surface area contributed by atoms with Crippen LogP contribution in [0.1, 0.15) is 132 Å². The van der Waals surface area contributed by atoms with E-state index in [0.29, 0.717) is 0 Å². The average Bonchev–Trinajstić information content (AvgIpc) is 3.49. The smallest absolute Gasteiger partial charge is 0.128 e. The number of pyridine rings is 1. The van der Waals surface area contributed by atoms with Crippen molar-refractivity contribution in [1.29, 1.82) is 0 Å². The topological polar surface area (TPSA) is 46.0 Å². The van der Waals surface area contributed by atoms with E-state index < -0.39 is 0 Å². The van der Waals surface area contributed by atoms with Gasteiger partial charge in [-0.15, -0.1) is 11.3 Å². The van der Waals surface area contributed by atoms with Crippen LogP contribution in [0.2, 0.25) is 0 Å². The molecule has 0 aliphatic rings. The van der Waals surface area contributed by atoms with E-state index >= 15 is 0 Å². The highest BCUT2D eigenvalue weighted by atomic mass is 32.1. The van der Waals surface area contributed by atoms with Gasteiger partial charge in [0.2, 0.25) is 0 Å². The third-order valence-electron chi connectivity index (χ3n) is 10.5. The number of aromatic nitrogens is 2. The lowest BCUT2D eigenvalue weighted by Gasteiger charge is -2.34. The molecule has 54 heavy (non-hydrogen) atoms. The summed E-state index contributed by atoms with van der Waals surface area (Å²) in [5, 5.41) is 11.7. The maximum absolute atomic E-state index is 10.9. The van der Waals surface area contributed by atoms with Gasteiger partial charge in [0.15, 0.2) is 0 Å². The molecule has 0 unspecified atom stereocenters. The normalized spacial score (nSPS) is 13.2. The Labute approximate surface area is 329 Å². The number of hydrogen-bond acceptors (Lipinski definition) is 4. The van der Waals surface area contributed by atoms with Gasteiger partial charge in [-0.25, -0.2) is 4.98 Å². The molecule has 2 aromatic heterocycles. The van der Waals surface area contributed by atoms with Crippen molar-refractivity contribution in [1.82, 2.24) is 9.97 Å². The highest BCUT2D eigenvalue weighted by Gasteiger charge is 2.32. The molecule has 0 spiro atoms. The lowest BCUT2D eigenvalue weighted by atomic mass is 9.71. The van der Waals surface area contributed by atoms with Crippen LogP contribution in [0.25, 0.3) is 54.3 Å². The Kier molecular flexibility index (Phi) is 9.84. The number of aromatic hydroxyl groups is 1. The van der Waals surface area contributed by atoms with Crippen molar-refractivity contribution in [2.75, 3.05) is 0 Å². The van der Waals surface area contributed by atoms with Crippen molar-refractivity contribution in [2.24, 2.45) is 0 Å². The second kappa shape index (κ2) is 13.5. The molecule has 6 aromatic rings. The van der Waals surface area contributed by atoms with Gasteiger partial charge >= 0.3 is 0 Å². The summed E-state index contributed by atoms with van der Waals surface area (Å²) in [7, 11) is 0. The zero-order valence-electron chi connectivity index (χ0n) is 35.3. The second-order valence-electron chi connectivity index (χ2n) is 20.3. The van der Waals surface area contributed by atoms with Crippen LogP contribution in [-0.2, 0) is 27.1 Å². The molecule has 6 rings (SSSR count). The summed E-state index contributed by atoms with van der Waals surface area (Å²) in [4.78, 5) is 10.4. The van der Waals surface area contributed by atoms with E-state index in [-0.39, 0.29) is 32.8 Å². The van der Waals surface area contributed by atoms with Gasteiger partial charge in [-0.3, -0.25) is 4.98 Å². The van der Waals surface area contributed by atoms with Gasteiger partial charge in [-0.05, 0) is 120 Å². The lowest BCUT2D eigenvalue weighted by Crippen LogP contribution is -2.23. The first kappa shape index (κ1) is 39.4. The molecule has 0 aliphatic carbocycles. The Hall–Kier alpha value is -4.28. The Balaban J connectivity index is 1.67. The minimum atomic E-state index is -0.164. The molecule has 282 valence electrons.